The Morgan fingerprint density at radius 2 is 2.17 bits per heavy atom. The van der Waals surface area contributed by atoms with Gasteiger partial charge in [-0.2, -0.15) is 0 Å². The van der Waals surface area contributed by atoms with Crippen LogP contribution >= 0.6 is 0 Å². The van der Waals surface area contributed by atoms with E-state index in [1.54, 1.807) is 0 Å². The first kappa shape index (κ1) is 14.2. The van der Waals surface area contributed by atoms with Gasteiger partial charge in [0.15, 0.2) is 0 Å². The van der Waals surface area contributed by atoms with Crippen LogP contribution in [0.5, 0.6) is 0 Å². The van der Waals surface area contributed by atoms with Gasteiger partial charge in [0, 0.05) is 12.5 Å². The third-order valence-electron chi connectivity index (χ3n) is 2.81. The maximum Gasteiger partial charge on any atom is 0.330 e. The summed E-state index contributed by atoms with van der Waals surface area (Å²) in [6.07, 6.45) is 1.80. The lowest BCUT2D eigenvalue weighted by Crippen LogP contribution is -2.40. The van der Waals surface area contributed by atoms with Crippen molar-refractivity contribution in [1.29, 1.82) is 0 Å². The van der Waals surface area contributed by atoms with Crippen LogP contribution in [0, 0.1) is 11.8 Å². The zero-order valence-corrected chi connectivity index (χ0v) is 9.89. The molecule has 0 aliphatic heterocycles. The van der Waals surface area contributed by atoms with Gasteiger partial charge in [0.2, 0.25) is 11.8 Å². The molecule has 0 spiro atoms. The van der Waals surface area contributed by atoms with E-state index in [9.17, 15) is 14.4 Å². The molecule has 0 aromatic rings. The second-order valence-electron chi connectivity index (χ2n) is 4.17. The number of carbonyl (C=O) groups excluding carboxylic acids is 2. The maximum atomic E-state index is 11.6. The van der Waals surface area contributed by atoms with Crippen LogP contribution in [0.25, 0.3) is 0 Å². The molecular formula is C11H17N3O4. The fourth-order valence-corrected chi connectivity index (χ4v) is 1.59. The van der Waals surface area contributed by atoms with E-state index in [-0.39, 0.29) is 30.2 Å². The highest BCUT2D eigenvalue weighted by Crippen LogP contribution is 2.37. The fraction of sp³-hybridized carbons (Fsp3) is 0.545. The summed E-state index contributed by atoms with van der Waals surface area (Å²) in [7, 11) is 0. The van der Waals surface area contributed by atoms with Gasteiger partial charge in [-0.05, 0) is 12.3 Å². The lowest BCUT2D eigenvalue weighted by atomic mass is 10.2. The van der Waals surface area contributed by atoms with Crippen molar-refractivity contribution >= 4 is 17.8 Å². The summed E-state index contributed by atoms with van der Waals surface area (Å²) in [6.45, 7) is 3.64. The smallest absolute Gasteiger partial charge is 0.330 e. The van der Waals surface area contributed by atoms with Gasteiger partial charge in [0.1, 0.15) is 6.04 Å². The van der Waals surface area contributed by atoms with Crippen molar-refractivity contribution in [2.24, 2.45) is 17.6 Å². The van der Waals surface area contributed by atoms with Crippen molar-refractivity contribution in [3.63, 3.8) is 0 Å². The average molecular weight is 255 g/mol. The van der Waals surface area contributed by atoms with Crippen LogP contribution in [-0.2, 0) is 14.4 Å². The number of hydrogen-bond donors (Lipinski definition) is 4. The number of aliphatic carboxylic acids is 1. The second kappa shape index (κ2) is 6.15. The first-order valence-corrected chi connectivity index (χ1v) is 5.62. The molecule has 1 aliphatic carbocycles. The highest BCUT2D eigenvalue weighted by molar-refractivity contribution is 5.87. The molecule has 2 amide bonds. The topological polar surface area (TPSA) is 122 Å². The molecule has 0 saturated heterocycles. The van der Waals surface area contributed by atoms with Gasteiger partial charge in [-0.15, -0.1) is 6.58 Å². The molecule has 1 saturated carbocycles. The Balaban J connectivity index is 2.31. The molecule has 100 valence electrons. The number of carbonyl (C=O) groups is 3. The van der Waals surface area contributed by atoms with Crippen molar-refractivity contribution in [2.75, 3.05) is 13.1 Å². The lowest BCUT2D eigenvalue weighted by Gasteiger charge is -2.09. The standard InChI is InChI=1S/C11H17N3O4/c1-2-8(11(17)18)14-10(16)7-3-6(7)5-13-9(15)4-12/h2,6-8H,1,3-5,12H2,(H,13,15)(H,14,16)(H,17,18). The minimum Gasteiger partial charge on any atom is -0.479 e. The summed E-state index contributed by atoms with van der Waals surface area (Å²) in [6, 6.07) is -1.07. The molecule has 0 radical (unpaired) electrons. The number of nitrogens with two attached hydrogens (primary N) is 1. The van der Waals surface area contributed by atoms with E-state index in [0.29, 0.717) is 13.0 Å². The van der Waals surface area contributed by atoms with Crippen LogP contribution in [0.2, 0.25) is 0 Å². The third kappa shape index (κ3) is 3.85. The van der Waals surface area contributed by atoms with Gasteiger partial charge in [-0.1, -0.05) is 6.08 Å². The molecule has 7 heteroatoms. The molecule has 3 unspecified atom stereocenters. The van der Waals surface area contributed by atoms with E-state index < -0.39 is 12.0 Å². The summed E-state index contributed by atoms with van der Waals surface area (Å²) in [5, 5.41) is 13.7. The van der Waals surface area contributed by atoms with Gasteiger partial charge in [0.05, 0.1) is 6.54 Å². The monoisotopic (exact) mass is 255 g/mol. The molecule has 1 rings (SSSR count). The minimum atomic E-state index is -1.15. The Bertz CT molecular complexity index is 369. The van der Waals surface area contributed by atoms with E-state index in [1.165, 1.54) is 0 Å². The largest absolute Gasteiger partial charge is 0.479 e. The number of carboxylic acids is 1. The number of nitrogens with one attached hydrogen (secondary N) is 2. The molecular weight excluding hydrogens is 238 g/mol. The molecule has 7 nitrogen and oxygen atoms in total. The van der Waals surface area contributed by atoms with Gasteiger partial charge >= 0.3 is 5.97 Å². The number of amides is 2. The van der Waals surface area contributed by atoms with E-state index >= 15 is 0 Å². The normalized spacial score (nSPS) is 22.7. The van der Waals surface area contributed by atoms with E-state index in [0.717, 1.165) is 6.08 Å². The molecule has 1 aliphatic rings. The molecule has 5 N–H and O–H groups in total. The molecule has 3 atom stereocenters. The first-order chi connectivity index (χ1) is 8.49. The van der Waals surface area contributed by atoms with Crippen LogP contribution in [-0.4, -0.2) is 42.0 Å². The minimum absolute atomic E-state index is 0.0553. The SMILES string of the molecule is C=CC(NC(=O)C1CC1CNC(=O)CN)C(=O)O. The van der Waals surface area contributed by atoms with Gasteiger partial charge in [-0.25, -0.2) is 4.79 Å². The van der Waals surface area contributed by atoms with Crippen LogP contribution in [0.4, 0.5) is 0 Å². The van der Waals surface area contributed by atoms with Crippen molar-refractivity contribution in [3.05, 3.63) is 12.7 Å². The summed E-state index contributed by atoms with van der Waals surface area (Å²) in [4.78, 5) is 33.2. The maximum absolute atomic E-state index is 11.6. The van der Waals surface area contributed by atoms with Gasteiger partial charge < -0.3 is 21.5 Å². The Morgan fingerprint density at radius 3 is 2.67 bits per heavy atom. The molecule has 0 heterocycles. The summed E-state index contributed by atoms with van der Waals surface area (Å²) >= 11 is 0. The summed E-state index contributed by atoms with van der Waals surface area (Å²) in [5.41, 5.74) is 5.12. The quantitative estimate of drug-likeness (QED) is 0.410. The van der Waals surface area contributed by atoms with Crippen LogP contribution < -0.4 is 16.4 Å². The third-order valence-corrected chi connectivity index (χ3v) is 2.81. The Hall–Kier alpha value is -1.89. The first-order valence-electron chi connectivity index (χ1n) is 5.62. The Kier molecular flexibility index (Phi) is 4.85. The summed E-state index contributed by atoms with van der Waals surface area (Å²) < 4.78 is 0. The van der Waals surface area contributed by atoms with Crippen molar-refractivity contribution < 1.29 is 19.5 Å². The highest BCUT2D eigenvalue weighted by atomic mass is 16.4. The predicted octanol–water partition coefficient (Wildman–Crippen LogP) is -1.55. The summed E-state index contributed by atoms with van der Waals surface area (Å²) in [5.74, 6) is -1.93. The van der Waals surface area contributed by atoms with Crippen LogP contribution in [0.1, 0.15) is 6.42 Å². The van der Waals surface area contributed by atoms with Crippen molar-refractivity contribution in [1.82, 2.24) is 10.6 Å². The second-order valence-corrected chi connectivity index (χ2v) is 4.17. The molecule has 0 bridgehead atoms. The highest BCUT2D eigenvalue weighted by Gasteiger charge is 2.43. The van der Waals surface area contributed by atoms with Gasteiger partial charge in [0.25, 0.3) is 0 Å². The fourth-order valence-electron chi connectivity index (χ4n) is 1.59. The Morgan fingerprint density at radius 1 is 1.50 bits per heavy atom. The average Bonchev–Trinajstić information content (AvgIpc) is 3.11. The van der Waals surface area contributed by atoms with Crippen LogP contribution in [0.3, 0.4) is 0 Å². The zero-order valence-electron chi connectivity index (χ0n) is 9.89. The van der Waals surface area contributed by atoms with E-state index in [2.05, 4.69) is 17.2 Å². The van der Waals surface area contributed by atoms with E-state index in [4.69, 9.17) is 10.8 Å². The van der Waals surface area contributed by atoms with Crippen LogP contribution in [0.15, 0.2) is 12.7 Å². The van der Waals surface area contributed by atoms with E-state index in [1.807, 2.05) is 0 Å². The molecule has 0 aromatic heterocycles. The Labute approximate surface area is 104 Å². The number of rotatable bonds is 7. The molecule has 1 fully saturated rings. The number of carboxylic acid groups (broad SMARTS) is 1. The predicted molar refractivity (Wildman–Crippen MR) is 63.4 cm³/mol. The van der Waals surface area contributed by atoms with Crippen molar-refractivity contribution in [2.45, 2.75) is 12.5 Å². The number of hydrogen-bond acceptors (Lipinski definition) is 4. The van der Waals surface area contributed by atoms with Crippen molar-refractivity contribution in [3.8, 4) is 0 Å². The molecule has 18 heavy (non-hydrogen) atoms. The molecule has 0 aromatic carbocycles. The van der Waals surface area contributed by atoms with Gasteiger partial charge in [-0.3, -0.25) is 9.59 Å². The zero-order chi connectivity index (χ0) is 13.7. The lowest BCUT2D eigenvalue weighted by molar-refractivity contribution is -0.140.